The van der Waals surface area contributed by atoms with Crippen molar-refractivity contribution < 1.29 is 8.42 Å². The van der Waals surface area contributed by atoms with Crippen LogP contribution in [0, 0.1) is 6.92 Å². The summed E-state index contributed by atoms with van der Waals surface area (Å²) in [7, 11) is -3.48. The minimum Gasteiger partial charge on any atom is -0.313 e. The molecule has 1 aliphatic heterocycles. The summed E-state index contributed by atoms with van der Waals surface area (Å²) in [4.78, 5) is 0.284. The fraction of sp³-hybridized carbons (Fsp3) is 0.385. The number of rotatable bonds is 4. The number of halogens is 2. The van der Waals surface area contributed by atoms with E-state index in [1.807, 2.05) is 6.08 Å². The third-order valence-electron chi connectivity index (χ3n) is 3.07. The Morgan fingerprint density at radius 1 is 1.40 bits per heavy atom. The smallest absolute Gasteiger partial charge is 0.241 e. The first kappa shape index (κ1) is 17.5. The Morgan fingerprint density at radius 2 is 2.15 bits per heavy atom. The number of nitrogens with one attached hydrogen (secondary N) is 2. The molecule has 112 valence electrons. The summed E-state index contributed by atoms with van der Waals surface area (Å²) in [6, 6.07) is 4.78. The molecule has 1 aromatic rings. The molecule has 1 aliphatic rings. The molecule has 2 rings (SSSR count). The van der Waals surface area contributed by atoms with Crippen LogP contribution in [-0.2, 0) is 10.0 Å². The third kappa shape index (κ3) is 4.46. The second kappa shape index (κ2) is 7.43. The highest BCUT2D eigenvalue weighted by Gasteiger charge is 2.17. The second-order valence-electron chi connectivity index (χ2n) is 4.55. The van der Waals surface area contributed by atoms with Crippen LogP contribution in [0.2, 0.25) is 5.02 Å². The number of hydrogen-bond donors (Lipinski definition) is 2. The van der Waals surface area contributed by atoms with Crippen LogP contribution in [0.4, 0.5) is 0 Å². The summed E-state index contributed by atoms with van der Waals surface area (Å²) in [6.45, 7) is 3.81. The van der Waals surface area contributed by atoms with Gasteiger partial charge in [0.05, 0.1) is 4.90 Å². The highest BCUT2D eigenvalue weighted by molar-refractivity contribution is 7.89. The summed E-state index contributed by atoms with van der Waals surface area (Å²) >= 11 is 5.83. The van der Waals surface area contributed by atoms with Crippen molar-refractivity contribution in [2.75, 3.05) is 19.6 Å². The van der Waals surface area contributed by atoms with Crippen LogP contribution in [0.1, 0.15) is 12.0 Å². The van der Waals surface area contributed by atoms with Gasteiger partial charge in [-0.25, -0.2) is 13.1 Å². The van der Waals surface area contributed by atoms with E-state index in [4.69, 9.17) is 11.6 Å². The second-order valence-corrected chi connectivity index (χ2v) is 6.72. The van der Waals surface area contributed by atoms with E-state index in [-0.39, 0.29) is 17.3 Å². The van der Waals surface area contributed by atoms with E-state index >= 15 is 0 Å². The summed E-state index contributed by atoms with van der Waals surface area (Å²) in [5.74, 6) is 0. The van der Waals surface area contributed by atoms with Gasteiger partial charge in [-0.3, -0.25) is 0 Å². The lowest BCUT2D eigenvalue weighted by Crippen LogP contribution is -2.30. The van der Waals surface area contributed by atoms with E-state index in [1.165, 1.54) is 6.07 Å². The van der Waals surface area contributed by atoms with Crippen LogP contribution >= 0.6 is 24.0 Å². The van der Waals surface area contributed by atoms with Gasteiger partial charge in [0.15, 0.2) is 0 Å². The first-order chi connectivity index (χ1) is 8.99. The van der Waals surface area contributed by atoms with Crippen molar-refractivity contribution in [2.45, 2.75) is 18.2 Å². The normalized spacial score (nSPS) is 15.4. The van der Waals surface area contributed by atoms with Gasteiger partial charge in [0.1, 0.15) is 0 Å². The summed E-state index contributed by atoms with van der Waals surface area (Å²) in [6.07, 6.45) is 2.91. The van der Waals surface area contributed by atoms with E-state index in [1.54, 1.807) is 19.1 Å². The molecule has 0 aromatic heterocycles. The minimum atomic E-state index is -3.48. The van der Waals surface area contributed by atoms with Gasteiger partial charge in [-0.1, -0.05) is 23.3 Å². The molecule has 4 nitrogen and oxygen atoms in total. The molecule has 0 bridgehead atoms. The molecule has 0 radical (unpaired) electrons. The molecular weight excluding hydrogens is 319 g/mol. The highest BCUT2D eigenvalue weighted by Crippen LogP contribution is 2.19. The number of benzene rings is 1. The van der Waals surface area contributed by atoms with Gasteiger partial charge in [-0.05, 0) is 43.7 Å². The number of aryl methyl sites for hydroxylation is 1. The maximum absolute atomic E-state index is 12.2. The molecule has 1 heterocycles. The maximum atomic E-state index is 12.2. The third-order valence-corrected chi connectivity index (χ3v) is 4.87. The quantitative estimate of drug-likeness (QED) is 0.829. The van der Waals surface area contributed by atoms with Crippen LogP contribution in [0.3, 0.4) is 0 Å². The lowest BCUT2D eigenvalue weighted by molar-refractivity contribution is 0.581. The lowest BCUT2D eigenvalue weighted by Gasteiger charge is -2.15. The van der Waals surface area contributed by atoms with Gasteiger partial charge < -0.3 is 5.32 Å². The molecule has 0 amide bonds. The molecule has 2 N–H and O–H groups in total. The van der Waals surface area contributed by atoms with Crippen molar-refractivity contribution in [3.8, 4) is 0 Å². The largest absolute Gasteiger partial charge is 0.313 e. The summed E-state index contributed by atoms with van der Waals surface area (Å²) < 4.78 is 27.1. The fourth-order valence-electron chi connectivity index (χ4n) is 2.01. The van der Waals surface area contributed by atoms with Crippen molar-refractivity contribution in [1.82, 2.24) is 10.0 Å². The van der Waals surface area contributed by atoms with Gasteiger partial charge in [-0.2, -0.15) is 0 Å². The average molecular weight is 337 g/mol. The van der Waals surface area contributed by atoms with Crippen LogP contribution in [0.25, 0.3) is 0 Å². The monoisotopic (exact) mass is 336 g/mol. The van der Waals surface area contributed by atoms with E-state index < -0.39 is 10.0 Å². The average Bonchev–Trinajstić information content (AvgIpc) is 2.37. The molecular formula is C13H18Cl2N2O2S. The van der Waals surface area contributed by atoms with Crippen molar-refractivity contribution in [3.63, 3.8) is 0 Å². The van der Waals surface area contributed by atoms with Crippen molar-refractivity contribution in [1.29, 1.82) is 0 Å². The van der Waals surface area contributed by atoms with Gasteiger partial charge in [-0.15, -0.1) is 12.4 Å². The SMILES string of the molecule is Cc1cc(Cl)ccc1S(=O)(=O)NCC1=CCNCC1.Cl. The molecule has 0 aliphatic carbocycles. The molecule has 0 fully saturated rings. The number of sulfonamides is 1. The fourth-order valence-corrected chi connectivity index (χ4v) is 3.50. The summed E-state index contributed by atoms with van der Waals surface area (Å²) in [5, 5.41) is 3.73. The van der Waals surface area contributed by atoms with Crippen molar-refractivity contribution in [3.05, 3.63) is 40.4 Å². The molecule has 0 atom stereocenters. The zero-order valence-electron chi connectivity index (χ0n) is 11.1. The van der Waals surface area contributed by atoms with E-state index in [2.05, 4.69) is 10.0 Å². The van der Waals surface area contributed by atoms with Gasteiger partial charge in [0, 0.05) is 18.1 Å². The predicted octanol–water partition coefficient (Wildman–Crippen LogP) is 2.27. The van der Waals surface area contributed by atoms with Crippen LogP contribution in [0.5, 0.6) is 0 Å². The number of hydrogen-bond acceptors (Lipinski definition) is 3. The Labute approximate surface area is 131 Å². The van der Waals surface area contributed by atoms with Crippen molar-refractivity contribution >= 4 is 34.0 Å². The topological polar surface area (TPSA) is 58.2 Å². The van der Waals surface area contributed by atoms with E-state index in [0.717, 1.165) is 25.1 Å². The van der Waals surface area contributed by atoms with Crippen LogP contribution in [0.15, 0.2) is 34.7 Å². The molecule has 20 heavy (non-hydrogen) atoms. The zero-order valence-corrected chi connectivity index (χ0v) is 13.5. The first-order valence-electron chi connectivity index (χ1n) is 6.13. The van der Waals surface area contributed by atoms with Crippen LogP contribution < -0.4 is 10.0 Å². The molecule has 0 saturated carbocycles. The Balaban J connectivity index is 0.00000200. The Bertz CT molecular complexity index is 600. The Kier molecular flexibility index (Phi) is 6.48. The Hall–Kier alpha value is -0.590. The van der Waals surface area contributed by atoms with Gasteiger partial charge in [0.25, 0.3) is 0 Å². The van der Waals surface area contributed by atoms with Gasteiger partial charge >= 0.3 is 0 Å². The van der Waals surface area contributed by atoms with E-state index in [9.17, 15) is 8.42 Å². The minimum absolute atomic E-state index is 0. The molecule has 0 unspecified atom stereocenters. The molecule has 0 saturated heterocycles. The summed E-state index contributed by atoms with van der Waals surface area (Å²) in [5.41, 5.74) is 1.77. The standard InChI is InChI=1S/C13H17ClN2O2S.ClH/c1-10-8-12(14)2-3-13(10)19(17,18)16-9-11-4-6-15-7-5-11;/h2-4,8,15-16H,5-7,9H2,1H3;1H. The maximum Gasteiger partial charge on any atom is 0.241 e. The Morgan fingerprint density at radius 3 is 2.75 bits per heavy atom. The predicted molar refractivity (Wildman–Crippen MR) is 84.2 cm³/mol. The van der Waals surface area contributed by atoms with Crippen LogP contribution in [-0.4, -0.2) is 28.1 Å². The first-order valence-corrected chi connectivity index (χ1v) is 7.99. The molecule has 1 aromatic carbocycles. The zero-order chi connectivity index (χ0) is 13.9. The van der Waals surface area contributed by atoms with Crippen molar-refractivity contribution in [2.24, 2.45) is 0 Å². The molecule has 0 spiro atoms. The molecule has 7 heteroatoms. The lowest BCUT2D eigenvalue weighted by atomic mass is 10.1. The van der Waals surface area contributed by atoms with E-state index in [0.29, 0.717) is 17.1 Å². The highest BCUT2D eigenvalue weighted by atomic mass is 35.5. The van der Waals surface area contributed by atoms with Gasteiger partial charge in [0.2, 0.25) is 10.0 Å².